The van der Waals surface area contributed by atoms with Crippen LogP contribution in [0.2, 0.25) is 0 Å². The van der Waals surface area contributed by atoms with E-state index in [2.05, 4.69) is 10.6 Å². The minimum atomic E-state index is -0.415. The summed E-state index contributed by atoms with van der Waals surface area (Å²) in [7, 11) is 0. The fourth-order valence-corrected chi connectivity index (χ4v) is 2.83. The molecule has 6 heteroatoms. The summed E-state index contributed by atoms with van der Waals surface area (Å²) in [5, 5.41) is 5.98. The highest BCUT2D eigenvalue weighted by Gasteiger charge is 2.14. The Morgan fingerprint density at radius 3 is 2.39 bits per heavy atom. The largest absolute Gasteiger partial charge is 0.457 e. The Bertz CT molecular complexity index is 992. The molecule has 3 rings (SSSR count). The molecule has 4 nitrogen and oxygen atoms in total. The van der Waals surface area contributed by atoms with Gasteiger partial charge in [-0.1, -0.05) is 12.1 Å². The molecule has 0 bridgehead atoms. The van der Waals surface area contributed by atoms with Crippen molar-refractivity contribution in [2.45, 2.75) is 19.9 Å². The maximum Gasteiger partial charge on any atom is 0.221 e. The zero-order valence-electron chi connectivity index (χ0n) is 15.5. The highest BCUT2D eigenvalue weighted by atomic mass is 19.1. The molecule has 3 aromatic rings. The van der Waals surface area contributed by atoms with E-state index in [1.54, 1.807) is 30.3 Å². The van der Waals surface area contributed by atoms with E-state index in [1.165, 1.54) is 37.3 Å². The molecule has 0 aliphatic heterocycles. The molecule has 0 saturated heterocycles. The first-order valence-electron chi connectivity index (χ1n) is 8.78. The maximum atomic E-state index is 13.9. The van der Waals surface area contributed by atoms with Crippen LogP contribution in [0.3, 0.4) is 0 Å². The van der Waals surface area contributed by atoms with Crippen molar-refractivity contribution in [3.05, 3.63) is 83.9 Å². The van der Waals surface area contributed by atoms with Gasteiger partial charge in [0.2, 0.25) is 5.91 Å². The summed E-state index contributed by atoms with van der Waals surface area (Å²) < 4.78 is 33.1. The summed E-state index contributed by atoms with van der Waals surface area (Å²) in [5.74, 6) is -0.233. The first-order chi connectivity index (χ1) is 13.4. The number of hydrogen-bond donors (Lipinski definition) is 2. The van der Waals surface area contributed by atoms with E-state index in [0.717, 1.165) is 5.69 Å². The lowest BCUT2D eigenvalue weighted by Gasteiger charge is -2.20. The van der Waals surface area contributed by atoms with Crippen LogP contribution in [0.4, 0.5) is 20.2 Å². The van der Waals surface area contributed by atoms with Crippen LogP contribution < -0.4 is 15.4 Å². The lowest BCUT2D eigenvalue weighted by atomic mass is 10.1. The average Bonchev–Trinajstić information content (AvgIpc) is 2.63. The standard InChI is InChI=1S/C22H20F2N2O2/c1-14(25-18-6-4-7-19(13-18)26-15(2)27)21-12-17(24)9-10-22(21)28-20-8-3-5-16(23)11-20/h3-14,25H,1-2H3,(H,26,27). The molecule has 0 radical (unpaired) electrons. The van der Waals surface area contributed by atoms with E-state index in [-0.39, 0.29) is 11.9 Å². The Morgan fingerprint density at radius 1 is 0.929 bits per heavy atom. The van der Waals surface area contributed by atoms with Crippen molar-refractivity contribution in [1.29, 1.82) is 0 Å². The molecule has 28 heavy (non-hydrogen) atoms. The summed E-state index contributed by atoms with van der Waals surface area (Å²) in [6.07, 6.45) is 0. The number of anilines is 2. The highest BCUT2D eigenvalue weighted by molar-refractivity contribution is 5.89. The summed E-state index contributed by atoms with van der Waals surface area (Å²) in [4.78, 5) is 11.2. The number of amides is 1. The van der Waals surface area contributed by atoms with Crippen molar-refractivity contribution in [3.63, 3.8) is 0 Å². The summed E-state index contributed by atoms with van der Waals surface area (Å²) in [6, 6.07) is 16.8. The van der Waals surface area contributed by atoms with Crippen molar-refractivity contribution < 1.29 is 18.3 Å². The van der Waals surface area contributed by atoms with Gasteiger partial charge in [-0.25, -0.2) is 8.78 Å². The molecule has 3 aromatic carbocycles. The maximum absolute atomic E-state index is 13.9. The quantitative estimate of drug-likeness (QED) is 0.559. The second-order valence-corrected chi connectivity index (χ2v) is 6.37. The Morgan fingerprint density at radius 2 is 1.64 bits per heavy atom. The van der Waals surface area contributed by atoms with E-state index >= 15 is 0 Å². The Kier molecular flexibility index (Phi) is 5.89. The molecule has 0 spiro atoms. The van der Waals surface area contributed by atoms with Crippen LogP contribution in [0, 0.1) is 11.6 Å². The predicted molar refractivity (Wildman–Crippen MR) is 106 cm³/mol. The van der Waals surface area contributed by atoms with Crippen LogP contribution in [0.1, 0.15) is 25.5 Å². The number of nitrogens with one attached hydrogen (secondary N) is 2. The molecular weight excluding hydrogens is 362 g/mol. The Labute approximate surface area is 162 Å². The average molecular weight is 382 g/mol. The van der Waals surface area contributed by atoms with Gasteiger partial charge in [0.05, 0.1) is 6.04 Å². The van der Waals surface area contributed by atoms with Crippen molar-refractivity contribution in [3.8, 4) is 11.5 Å². The molecule has 0 aliphatic rings. The molecule has 2 N–H and O–H groups in total. The van der Waals surface area contributed by atoms with Gasteiger partial charge in [0.15, 0.2) is 0 Å². The molecule has 0 aromatic heterocycles. The molecule has 1 amide bonds. The first-order valence-corrected chi connectivity index (χ1v) is 8.78. The summed E-state index contributed by atoms with van der Waals surface area (Å²) in [5.41, 5.74) is 1.98. The van der Waals surface area contributed by atoms with Gasteiger partial charge in [-0.3, -0.25) is 4.79 Å². The monoisotopic (exact) mass is 382 g/mol. The third-order valence-electron chi connectivity index (χ3n) is 4.03. The Balaban J connectivity index is 1.84. The van der Waals surface area contributed by atoms with Gasteiger partial charge in [-0.2, -0.15) is 0 Å². The second kappa shape index (κ2) is 8.52. The van der Waals surface area contributed by atoms with Crippen LogP contribution >= 0.6 is 0 Å². The number of benzene rings is 3. The Hall–Kier alpha value is -3.41. The van der Waals surface area contributed by atoms with E-state index in [9.17, 15) is 13.6 Å². The number of rotatable bonds is 6. The minimum Gasteiger partial charge on any atom is -0.457 e. The summed E-state index contributed by atoms with van der Waals surface area (Å²) in [6.45, 7) is 3.30. The lowest BCUT2D eigenvalue weighted by Crippen LogP contribution is -2.10. The minimum absolute atomic E-state index is 0.166. The topological polar surface area (TPSA) is 50.4 Å². The van der Waals surface area contributed by atoms with Gasteiger partial charge < -0.3 is 15.4 Å². The third-order valence-corrected chi connectivity index (χ3v) is 4.03. The molecule has 0 saturated carbocycles. The van der Waals surface area contributed by atoms with Crippen molar-refractivity contribution in [2.24, 2.45) is 0 Å². The molecule has 0 fully saturated rings. The van der Waals surface area contributed by atoms with Crippen LogP contribution in [0.15, 0.2) is 66.7 Å². The predicted octanol–water partition coefficient (Wildman–Crippen LogP) is 5.89. The fourth-order valence-electron chi connectivity index (χ4n) is 2.83. The lowest BCUT2D eigenvalue weighted by molar-refractivity contribution is -0.114. The van der Waals surface area contributed by atoms with E-state index < -0.39 is 11.6 Å². The van der Waals surface area contributed by atoms with Gasteiger partial charge in [-0.05, 0) is 55.5 Å². The molecule has 0 aliphatic carbocycles. The van der Waals surface area contributed by atoms with E-state index in [0.29, 0.717) is 22.7 Å². The molecule has 0 heterocycles. The third kappa shape index (κ3) is 5.07. The number of ether oxygens (including phenoxy) is 1. The first kappa shape index (κ1) is 19.4. The zero-order valence-corrected chi connectivity index (χ0v) is 15.5. The van der Waals surface area contributed by atoms with E-state index in [4.69, 9.17) is 4.74 Å². The second-order valence-electron chi connectivity index (χ2n) is 6.37. The molecule has 1 atom stereocenters. The number of hydrogen-bond acceptors (Lipinski definition) is 3. The van der Waals surface area contributed by atoms with Gasteiger partial charge in [0.25, 0.3) is 0 Å². The zero-order chi connectivity index (χ0) is 20.1. The smallest absolute Gasteiger partial charge is 0.221 e. The van der Waals surface area contributed by atoms with Crippen LogP contribution in [-0.4, -0.2) is 5.91 Å². The normalized spacial score (nSPS) is 11.6. The molecule has 144 valence electrons. The fraction of sp³-hybridized carbons (Fsp3) is 0.136. The highest BCUT2D eigenvalue weighted by Crippen LogP contribution is 2.32. The molecule has 1 unspecified atom stereocenters. The van der Waals surface area contributed by atoms with Crippen molar-refractivity contribution in [2.75, 3.05) is 10.6 Å². The van der Waals surface area contributed by atoms with Crippen LogP contribution in [-0.2, 0) is 4.79 Å². The van der Waals surface area contributed by atoms with Crippen molar-refractivity contribution >= 4 is 17.3 Å². The van der Waals surface area contributed by atoms with Gasteiger partial charge >= 0.3 is 0 Å². The van der Waals surface area contributed by atoms with Crippen LogP contribution in [0.5, 0.6) is 11.5 Å². The van der Waals surface area contributed by atoms with Crippen molar-refractivity contribution in [1.82, 2.24) is 0 Å². The van der Waals surface area contributed by atoms with Gasteiger partial charge in [-0.15, -0.1) is 0 Å². The van der Waals surface area contributed by atoms with E-state index in [1.807, 2.05) is 13.0 Å². The van der Waals surface area contributed by atoms with Gasteiger partial charge in [0, 0.05) is 29.9 Å². The number of carbonyl (C=O) groups excluding carboxylic acids is 1. The SMILES string of the molecule is CC(=O)Nc1cccc(NC(C)c2cc(F)ccc2Oc2cccc(F)c2)c1. The number of carbonyl (C=O) groups is 1. The molecular formula is C22H20F2N2O2. The van der Waals surface area contributed by atoms with Crippen LogP contribution in [0.25, 0.3) is 0 Å². The van der Waals surface area contributed by atoms with Gasteiger partial charge in [0.1, 0.15) is 23.1 Å². The number of halogens is 2. The summed E-state index contributed by atoms with van der Waals surface area (Å²) >= 11 is 0.